The molecule has 4 N–H and O–H groups in total. The first kappa shape index (κ1) is 37.4. The predicted molar refractivity (Wildman–Crippen MR) is 176 cm³/mol. The molecule has 47 heavy (non-hydrogen) atoms. The fourth-order valence-corrected chi connectivity index (χ4v) is 5.79. The molecule has 0 unspecified atom stereocenters. The number of ether oxygens (including phenoxy) is 2. The van der Waals surface area contributed by atoms with E-state index in [4.69, 9.17) is 9.47 Å². The Balaban J connectivity index is 1.83. The van der Waals surface area contributed by atoms with E-state index in [-0.39, 0.29) is 48.8 Å². The van der Waals surface area contributed by atoms with Gasteiger partial charge in [-0.25, -0.2) is 4.79 Å². The summed E-state index contributed by atoms with van der Waals surface area (Å²) in [7, 11) is 1.44. The van der Waals surface area contributed by atoms with Crippen LogP contribution in [0.3, 0.4) is 0 Å². The minimum atomic E-state index is -1.03. The van der Waals surface area contributed by atoms with Crippen molar-refractivity contribution in [3.8, 4) is 0 Å². The number of carbonyl (C=O) groups excluding carboxylic acids is 5. The number of amides is 2. The molecule has 256 valence electrons. The predicted octanol–water partition coefficient (Wildman–Crippen LogP) is 4.15. The van der Waals surface area contributed by atoms with Crippen LogP contribution in [0.4, 0.5) is 0 Å². The van der Waals surface area contributed by atoms with Gasteiger partial charge >= 0.3 is 5.97 Å². The molecule has 5 atom stereocenters. The summed E-state index contributed by atoms with van der Waals surface area (Å²) in [4.78, 5) is 63.5. The Morgan fingerprint density at radius 3 is 2.47 bits per heavy atom. The van der Waals surface area contributed by atoms with Gasteiger partial charge in [-0.05, 0) is 45.1 Å². The van der Waals surface area contributed by atoms with Gasteiger partial charge in [0.25, 0.3) is 0 Å². The van der Waals surface area contributed by atoms with Crippen LogP contribution in [0.25, 0.3) is 0 Å². The molecule has 0 saturated heterocycles. The molecule has 2 bridgehead atoms. The van der Waals surface area contributed by atoms with Crippen molar-refractivity contribution in [2.75, 3.05) is 7.11 Å². The lowest BCUT2D eigenvalue weighted by Crippen LogP contribution is -2.45. The monoisotopic (exact) mass is 652 g/mol. The van der Waals surface area contributed by atoms with E-state index in [1.807, 2.05) is 6.08 Å². The second kappa shape index (κ2) is 18.3. The van der Waals surface area contributed by atoms with Crippen molar-refractivity contribution < 1.29 is 43.7 Å². The van der Waals surface area contributed by atoms with Crippen molar-refractivity contribution in [1.29, 1.82) is 0 Å². The largest absolute Gasteiger partial charge is 0.505 e. The Morgan fingerprint density at radius 2 is 1.77 bits per heavy atom. The molecule has 2 aliphatic carbocycles. The molecule has 2 amide bonds. The number of ketones is 2. The summed E-state index contributed by atoms with van der Waals surface area (Å²) in [5, 5.41) is 27.3. The Morgan fingerprint density at radius 1 is 1.06 bits per heavy atom. The lowest BCUT2D eigenvalue weighted by atomic mass is 9.88. The Labute approximate surface area is 276 Å². The molecule has 0 spiro atoms. The van der Waals surface area contributed by atoms with E-state index in [1.54, 1.807) is 57.2 Å². The third kappa shape index (κ3) is 11.0. The van der Waals surface area contributed by atoms with E-state index in [0.29, 0.717) is 5.57 Å². The molecule has 1 heterocycles. The van der Waals surface area contributed by atoms with Gasteiger partial charge in [-0.2, -0.15) is 0 Å². The zero-order valence-corrected chi connectivity index (χ0v) is 27.7. The first-order valence-electron chi connectivity index (χ1n) is 16.3. The fraction of sp³-hybridized carbons (Fsp3) is 0.528. The number of aliphatic hydroxyl groups is 2. The van der Waals surface area contributed by atoms with E-state index in [0.717, 1.165) is 38.2 Å². The molecule has 0 aromatic rings. The minimum absolute atomic E-state index is 0.0173. The zero-order chi connectivity index (χ0) is 34.5. The number of hydrogen-bond acceptors (Lipinski definition) is 9. The maximum Gasteiger partial charge on any atom is 0.328 e. The van der Waals surface area contributed by atoms with Gasteiger partial charge in [0.05, 0.1) is 24.3 Å². The van der Waals surface area contributed by atoms with Gasteiger partial charge in [-0.15, -0.1) is 0 Å². The summed E-state index contributed by atoms with van der Waals surface area (Å²) in [6.07, 6.45) is 15.7. The van der Waals surface area contributed by atoms with Crippen LogP contribution in [0.2, 0.25) is 0 Å². The average molecular weight is 653 g/mol. The lowest BCUT2D eigenvalue weighted by Gasteiger charge is -2.29. The van der Waals surface area contributed by atoms with Gasteiger partial charge in [0.1, 0.15) is 17.9 Å². The van der Waals surface area contributed by atoms with E-state index in [9.17, 15) is 34.2 Å². The number of methoxy groups -OCH3 is 1. The SMILES string of the molecule is CO[C@H]1/C=C/C=C\C=C\C[C@H](OC(=O)[C@H](C)NC(=O)C2CCCCC2)[C@H](C)[C@@H](O)/C(C)=C\CCC2=C(O)C(=CC(=O)C2=O)NC(=O)C1. The van der Waals surface area contributed by atoms with Crippen molar-refractivity contribution in [1.82, 2.24) is 10.6 Å². The molecule has 11 heteroatoms. The first-order chi connectivity index (χ1) is 22.4. The molecule has 11 nitrogen and oxygen atoms in total. The minimum Gasteiger partial charge on any atom is -0.505 e. The molecule has 3 aliphatic rings. The van der Waals surface area contributed by atoms with Crippen molar-refractivity contribution in [3.63, 3.8) is 0 Å². The zero-order valence-electron chi connectivity index (χ0n) is 27.7. The summed E-state index contributed by atoms with van der Waals surface area (Å²) < 4.78 is 11.2. The number of nitrogens with one attached hydrogen (secondary N) is 2. The third-order valence-corrected chi connectivity index (χ3v) is 8.81. The topological polar surface area (TPSA) is 168 Å². The fourth-order valence-electron chi connectivity index (χ4n) is 5.79. The Bertz CT molecular complexity index is 1360. The average Bonchev–Trinajstić information content (AvgIpc) is 3.06. The Kier molecular flexibility index (Phi) is 14.6. The maximum atomic E-state index is 13.1. The number of esters is 1. The summed E-state index contributed by atoms with van der Waals surface area (Å²) in [5.41, 5.74) is 0.244. The highest BCUT2D eigenvalue weighted by Crippen LogP contribution is 2.26. The Hall–Kier alpha value is -4.09. The molecule has 3 rings (SSSR count). The molecular weight excluding hydrogens is 604 g/mol. The van der Waals surface area contributed by atoms with Crippen LogP contribution in [-0.2, 0) is 33.4 Å². The molecule has 0 aromatic heterocycles. The van der Waals surface area contributed by atoms with E-state index in [2.05, 4.69) is 10.6 Å². The number of carbonyl (C=O) groups is 5. The van der Waals surface area contributed by atoms with E-state index >= 15 is 0 Å². The number of fused-ring (bicyclic) bond motifs is 1. The van der Waals surface area contributed by atoms with Crippen LogP contribution in [0.1, 0.15) is 78.6 Å². The van der Waals surface area contributed by atoms with Gasteiger partial charge < -0.3 is 30.3 Å². The molecule has 0 aromatic carbocycles. The van der Waals surface area contributed by atoms with Gasteiger partial charge in [0.15, 0.2) is 0 Å². The summed E-state index contributed by atoms with van der Waals surface area (Å²) in [6, 6.07) is -0.865. The van der Waals surface area contributed by atoms with Crippen LogP contribution in [0.15, 0.2) is 71.2 Å². The highest BCUT2D eigenvalue weighted by molar-refractivity contribution is 6.48. The molecular formula is C36H48N2O9. The van der Waals surface area contributed by atoms with Crippen LogP contribution < -0.4 is 10.6 Å². The van der Waals surface area contributed by atoms with Gasteiger partial charge in [-0.3, -0.25) is 19.2 Å². The molecule has 1 fully saturated rings. The van der Waals surface area contributed by atoms with Gasteiger partial charge in [0.2, 0.25) is 23.4 Å². The second-order valence-electron chi connectivity index (χ2n) is 12.4. The highest BCUT2D eigenvalue weighted by Gasteiger charge is 2.32. The van der Waals surface area contributed by atoms with Crippen LogP contribution >= 0.6 is 0 Å². The van der Waals surface area contributed by atoms with Crippen molar-refractivity contribution in [2.45, 2.75) is 103 Å². The number of rotatable bonds is 5. The first-order valence-corrected chi connectivity index (χ1v) is 16.3. The van der Waals surface area contributed by atoms with Gasteiger partial charge in [0, 0.05) is 37.0 Å². The lowest BCUT2D eigenvalue weighted by molar-refractivity contribution is -0.156. The van der Waals surface area contributed by atoms with Crippen LogP contribution in [0.5, 0.6) is 0 Å². The number of hydrogen-bond donors (Lipinski definition) is 4. The number of Topliss-reactive ketones (excluding diaryl/α,β-unsaturated/α-hetero) is 1. The van der Waals surface area contributed by atoms with Gasteiger partial charge in [-0.1, -0.05) is 68.7 Å². The van der Waals surface area contributed by atoms with E-state index in [1.165, 1.54) is 7.11 Å². The third-order valence-electron chi connectivity index (χ3n) is 8.81. The molecule has 1 aliphatic heterocycles. The summed E-state index contributed by atoms with van der Waals surface area (Å²) in [6.45, 7) is 5.05. The van der Waals surface area contributed by atoms with E-state index < -0.39 is 59.5 Å². The quantitative estimate of drug-likeness (QED) is 0.148. The number of allylic oxidation sites excluding steroid dienone is 7. The maximum absolute atomic E-state index is 13.1. The normalized spacial score (nSPS) is 29.6. The van der Waals surface area contributed by atoms with Crippen LogP contribution in [0, 0.1) is 11.8 Å². The van der Waals surface area contributed by atoms with Crippen molar-refractivity contribution in [3.05, 3.63) is 71.2 Å². The summed E-state index contributed by atoms with van der Waals surface area (Å²) >= 11 is 0. The van der Waals surface area contributed by atoms with Crippen LogP contribution in [-0.4, -0.2) is 71.0 Å². The molecule has 0 radical (unpaired) electrons. The molecule has 1 saturated carbocycles. The standard InChI is InChI=1S/C36H48N2O9/c1-22-14-13-18-27-33(42)28(21-29(39)34(27)43)38-31(40)20-26(46-4)17-11-6-5-7-12-19-30(23(2)32(22)41)47-36(45)24(3)37-35(44)25-15-9-8-10-16-25/h5-7,11-12,14,17,21,23-26,30,32,41-42H,8-10,13,15-16,18-20H2,1-4H3,(H,37,44)(H,38,40)/b6-5-,12-7+,17-11+,22-14-/t23-,24-,26-,30-,32-/m0/s1. The highest BCUT2D eigenvalue weighted by atomic mass is 16.5. The van der Waals surface area contributed by atoms with Crippen molar-refractivity contribution in [2.24, 2.45) is 11.8 Å². The second-order valence-corrected chi connectivity index (χ2v) is 12.4. The smallest absolute Gasteiger partial charge is 0.328 e. The summed E-state index contributed by atoms with van der Waals surface area (Å²) in [5.74, 6) is -4.15. The number of aliphatic hydroxyl groups excluding tert-OH is 2. The van der Waals surface area contributed by atoms with Crippen molar-refractivity contribution >= 4 is 29.4 Å².